The van der Waals surface area contributed by atoms with Crippen LogP contribution in [0.5, 0.6) is 0 Å². The zero-order chi connectivity index (χ0) is 26.3. The Morgan fingerprint density at radius 1 is 1.14 bits per heavy atom. The summed E-state index contributed by atoms with van der Waals surface area (Å²) in [5, 5.41) is 8.57. The van der Waals surface area contributed by atoms with Gasteiger partial charge in [0.15, 0.2) is 5.69 Å². The second-order valence-corrected chi connectivity index (χ2v) is 8.28. The second kappa shape index (κ2) is 11.9. The van der Waals surface area contributed by atoms with Crippen LogP contribution in [-0.2, 0) is 15.7 Å². The summed E-state index contributed by atoms with van der Waals surface area (Å²) in [5.41, 5.74) is -1.57. The van der Waals surface area contributed by atoms with E-state index in [1.807, 2.05) is 0 Å². The molecule has 2 unspecified atom stereocenters. The average molecular weight is 513 g/mol. The van der Waals surface area contributed by atoms with Gasteiger partial charge in [-0.05, 0) is 31.9 Å². The molecule has 2 atom stereocenters. The van der Waals surface area contributed by atoms with Crippen molar-refractivity contribution in [2.24, 2.45) is 5.92 Å². The fraction of sp³-hybridized carbons (Fsp3) is 0.478. The number of carbonyl (C=O) groups is 3. The lowest BCUT2D eigenvalue weighted by Crippen LogP contribution is -2.48. The Morgan fingerprint density at radius 3 is 2.47 bits per heavy atom. The Morgan fingerprint density at radius 2 is 1.83 bits per heavy atom. The molecule has 36 heavy (non-hydrogen) atoms. The summed E-state index contributed by atoms with van der Waals surface area (Å²) < 4.78 is 58.3. The molecule has 0 aliphatic carbocycles. The summed E-state index contributed by atoms with van der Waals surface area (Å²) in [6.45, 7) is 0.836. The summed E-state index contributed by atoms with van der Waals surface area (Å²) in [6.07, 6.45) is -3.70. The third-order valence-electron chi connectivity index (χ3n) is 5.74. The largest absolute Gasteiger partial charge is 0.447 e. The molecule has 0 saturated carbocycles. The number of carbonyl (C=O) groups excluding carboxylic acids is 3. The monoisotopic (exact) mass is 513 g/mol. The standard InChI is InChI=1S/C23H27F4N5O4/c1-15-13-16(7-11-31(15)22(35)36-12-8-24)20(33)28-9-10-29-21(34)18-14-32(17-5-3-2-4-6-17)30-19(18)23(25,26)27/h2-6,14-16H,7-13H2,1H3,(H,28,33)(H,29,34). The lowest BCUT2D eigenvalue weighted by atomic mass is 9.91. The van der Waals surface area contributed by atoms with Gasteiger partial charge in [-0.15, -0.1) is 0 Å². The van der Waals surface area contributed by atoms with Crippen molar-refractivity contribution in [3.63, 3.8) is 0 Å². The van der Waals surface area contributed by atoms with Crippen LogP contribution in [0.2, 0.25) is 0 Å². The van der Waals surface area contributed by atoms with E-state index in [9.17, 15) is 31.9 Å². The predicted molar refractivity (Wildman–Crippen MR) is 120 cm³/mol. The van der Waals surface area contributed by atoms with Gasteiger partial charge in [0.05, 0.1) is 11.3 Å². The van der Waals surface area contributed by atoms with E-state index >= 15 is 0 Å². The van der Waals surface area contributed by atoms with E-state index in [1.165, 1.54) is 4.90 Å². The molecule has 0 spiro atoms. The SMILES string of the molecule is CC1CC(C(=O)NCCNC(=O)c2cn(-c3ccccc3)nc2C(F)(F)F)CCN1C(=O)OCCF. The highest BCUT2D eigenvalue weighted by Crippen LogP contribution is 2.31. The Hall–Kier alpha value is -3.64. The topological polar surface area (TPSA) is 106 Å². The number of piperidine rings is 1. The number of hydrogen-bond acceptors (Lipinski definition) is 5. The number of ether oxygens (including phenoxy) is 1. The van der Waals surface area contributed by atoms with Gasteiger partial charge in [0, 0.05) is 37.8 Å². The molecule has 1 aliphatic heterocycles. The molecule has 2 N–H and O–H groups in total. The predicted octanol–water partition coefficient (Wildman–Crippen LogP) is 2.94. The van der Waals surface area contributed by atoms with Gasteiger partial charge in [-0.2, -0.15) is 18.3 Å². The maximum Gasteiger partial charge on any atom is 0.435 e. The molecule has 1 aromatic carbocycles. The summed E-state index contributed by atoms with van der Waals surface area (Å²) in [7, 11) is 0. The molecule has 2 aromatic rings. The molecule has 13 heteroatoms. The van der Waals surface area contributed by atoms with Crippen LogP contribution in [0.3, 0.4) is 0 Å². The summed E-state index contributed by atoms with van der Waals surface area (Å²) in [4.78, 5) is 38.3. The lowest BCUT2D eigenvalue weighted by molar-refractivity contribution is -0.141. The zero-order valence-electron chi connectivity index (χ0n) is 19.6. The first-order valence-electron chi connectivity index (χ1n) is 11.4. The van der Waals surface area contributed by atoms with E-state index in [4.69, 9.17) is 4.74 Å². The molecule has 2 heterocycles. The third kappa shape index (κ3) is 6.73. The van der Waals surface area contributed by atoms with Crippen molar-refractivity contribution < 1.29 is 36.7 Å². The number of likely N-dealkylation sites (tertiary alicyclic amines) is 1. The van der Waals surface area contributed by atoms with Gasteiger partial charge in [0.1, 0.15) is 13.3 Å². The average Bonchev–Trinajstić information content (AvgIpc) is 3.32. The molecule has 0 bridgehead atoms. The van der Waals surface area contributed by atoms with E-state index in [0.29, 0.717) is 18.5 Å². The van der Waals surface area contributed by atoms with Gasteiger partial charge < -0.3 is 20.3 Å². The lowest BCUT2D eigenvalue weighted by Gasteiger charge is -2.36. The molecule has 1 saturated heterocycles. The summed E-state index contributed by atoms with van der Waals surface area (Å²) in [5.74, 6) is -1.64. The van der Waals surface area contributed by atoms with Crippen molar-refractivity contribution in [2.45, 2.75) is 32.0 Å². The fourth-order valence-corrected chi connectivity index (χ4v) is 3.95. The van der Waals surface area contributed by atoms with Crippen LogP contribution in [-0.4, -0.2) is 71.5 Å². The Kier molecular flexibility index (Phi) is 8.88. The summed E-state index contributed by atoms with van der Waals surface area (Å²) in [6, 6.07) is 7.80. The smallest absolute Gasteiger partial charge is 0.435 e. The quantitative estimate of drug-likeness (QED) is 0.417. The number of amides is 3. The first-order valence-corrected chi connectivity index (χ1v) is 11.4. The van der Waals surface area contributed by atoms with Crippen LogP contribution in [0.4, 0.5) is 22.4 Å². The van der Waals surface area contributed by atoms with Gasteiger partial charge in [-0.25, -0.2) is 13.9 Å². The highest BCUT2D eigenvalue weighted by molar-refractivity contribution is 5.95. The van der Waals surface area contributed by atoms with Crippen molar-refractivity contribution in [1.29, 1.82) is 0 Å². The van der Waals surface area contributed by atoms with Gasteiger partial charge in [0.25, 0.3) is 5.91 Å². The molecule has 1 aliphatic rings. The van der Waals surface area contributed by atoms with Crippen molar-refractivity contribution in [1.82, 2.24) is 25.3 Å². The molecule has 196 valence electrons. The van der Waals surface area contributed by atoms with Gasteiger partial charge in [0.2, 0.25) is 5.91 Å². The number of alkyl halides is 4. The first-order chi connectivity index (χ1) is 17.1. The van der Waals surface area contributed by atoms with E-state index in [0.717, 1.165) is 10.9 Å². The van der Waals surface area contributed by atoms with E-state index in [-0.39, 0.29) is 44.1 Å². The first kappa shape index (κ1) is 27.0. The van der Waals surface area contributed by atoms with Crippen molar-refractivity contribution in [2.75, 3.05) is 32.9 Å². The number of nitrogens with zero attached hydrogens (tertiary/aromatic N) is 3. The van der Waals surface area contributed by atoms with Crippen LogP contribution in [0.15, 0.2) is 36.5 Å². The van der Waals surface area contributed by atoms with Crippen LogP contribution < -0.4 is 10.6 Å². The molecule has 0 radical (unpaired) electrons. The number of halogens is 4. The second-order valence-electron chi connectivity index (χ2n) is 8.28. The maximum absolute atomic E-state index is 13.4. The minimum absolute atomic E-state index is 0.00584. The van der Waals surface area contributed by atoms with Crippen LogP contribution in [0.1, 0.15) is 35.8 Å². The number of hydrogen-bond donors (Lipinski definition) is 2. The highest BCUT2D eigenvalue weighted by atomic mass is 19.4. The van der Waals surface area contributed by atoms with Gasteiger partial charge in [-0.1, -0.05) is 18.2 Å². The van der Waals surface area contributed by atoms with E-state index < -0.39 is 36.1 Å². The normalized spacial score (nSPS) is 18.0. The Bertz CT molecular complexity index is 1060. The van der Waals surface area contributed by atoms with Crippen LogP contribution in [0.25, 0.3) is 5.69 Å². The van der Waals surface area contributed by atoms with Crippen molar-refractivity contribution in [3.8, 4) is 5.69 Å². The molecular weight excluding hydrogens is 486 g/mol. The number of para-hydroxylation sites is 1. The van der Waals surface area contributed by atoms with E-state index in [2.05, 4.69) is 15.7 Å². The number of benzene rings is 1. The zero-order valence-corrected chi connectivity index (χ0v) is 19.6. The highest BCUT2D eigenvalue weighted by Gasteiger charge is 2.39. The molecule has 9 nitrogen and oxygen atoms in total. The van der Waals surface area contributed by atoms with Gasteiger partial charge >= 0.3 is 12.3 Å². The maximum atomic E-state index is 13.4. The third-order valence-corrected chi connectivity index (χ3v) is 5.74. The molecule has 3 rings (SSSR count). The van der Waals surface area contributed by atoms with E-state index in [1.54, 1.807) is 37.3 Å². The molecule has 1 fully saturated rings. The van der Waals surface area contributed by atoms with Crippen LogP contribution >= 0.6 is 0 Å². The number of aromatic nitrogens is 2. The molecular formula is C23H27F4N5O4. The minimum atomic E-state index is -4.83. The molecule has 1 aromatic heterocycles. The number of nitrogens with one attached hydrogen (secondary N) is 2. The Balaban J connectivity index is 1.50. The van der Waals surface area contributed by atoms with Crippen LogP contribution in [0, 0.1) is 5.92 Å². The summed E-state index contributed by atoms with van der Waals surface area (Å²) >= 11 is 0. The fourth-order valence-electron chi connectivity index (χ4n) is 3.95. The molecule has 3 amide bonds. The Labute approximate surface area is 204 Å². The number of rotatable bonds is 8. The minimum Gasteiger partial charge on any atom is -0.447 e. The van der Waals surface area contributed by atoms with Crippen molar-refractivity contribution in [3.05, 3.63) is 47.8 Å². The van der Waals surface area contributed by atoms with Crippen molar-refractivity contribution >= 4 is 17.9 Å². The van der Waals surface area contributed by atoms with Gasteiger partial charge in [-0.3, -0.25) is 9.59 Å².